The monoisotopic (exact) mass is 269 g/mol. The molecule has 0 radical (unpaired) electrons. The van der Waals surface area contributed by atoms with E-state index in [2.05, 4.69) is 4.99 Å². The summed E-state index contributed by atoms with van der Waals surface area (Å²) in [6.07, 6.45) is 1.47. The minimum atomic E-state index is -0.172. The molecule has 0 aromatic heterocycles. The van der Waals surface area contributed by atoms with Crippen LogP contribution in [0.15, 0.2) is 35.3 Å². The van der Waals surface area contributed by atoms with Crippen LogP contribution in [0.4, 0.5) is 5.69 Å². The van der Waals surface area contributed by atoms with Crippen molar-refractivity contribution in [3.8, 4) is 0 Å². The van der Waals surface area contributed by atoms with E-state index in [1.807, 2.05) is 24.3 Å². The largest absolute Gasteiger partial charge is 0.294 e. The second-order valence-electron chi connectivity index (χ2n) is 3.60. The molecule has 0 spiro atoms. The molecule has 0 bridgehead atoms. The first-order chi connectivity index (χ1) is 7.25. The summed E-state index contributed by atoms with van der Waals surface area (Å²) in [4.78, 5) is 27.1. The lowest BCUT2D eigenvalue weighted by molar-refractivity contribution is -0.121. The highest BCUT2D eigenvalue weighted by Gasteiger charge is 2.30. The maximum atomic E-state index is 11.6. The van der Waals surface area contributed by atoms with Gasteiger partial charge in [-0.05, 0) is 12.1 Å². The lowest BCUT2D eigenvalue weighted by Crippen LogP contribution is -2.22. The van der Waals surface area contributed by atoms with E-state index in [1.165, 1.54) is 6.08 Å². The van der Waals surface area contributed by atoms with Gasteiger partial charge in [-0.2, -0.15) is 0 Å². The fourth-order valence-electron chi connectivity index (χ4n) is 1.92. The zero-order valence-electron chi connectivity index (χ0n) is 8.67. The number of aliphatic imine (C=N–C) groups is 1. The van der Waals surface area contributed by atoms with Crippen molar-refractivity contribution in [1.29, 1.82) is 0 Å². The van der Waals surface area contributed by atoms with Gasteiger partial charge in [0.1, 0.15) is 5.71 Å². The number of hydrogen-bond acceptors (Lipinski definition) is 3. The zero-order valence-corrected chi connectivity index (χ0v) is 10.3. The molecule has 88 valence electrons. The van der Waals surface area contributed by atoms with Gasteiger partial charge in [-0.25, -0.2) is 4.99 Å². The number of allylic oxidation sites excluding steroid dienone is 2. The maximum absolute atomic E-state index is 11.6. The van der Waals surface area contributed by atoms with Gasteiger partial charge in [0.2, 0.25) is 0 Å². The Morgan fingerprint density at radius 1 is 1.06 bits per heavy atom. The first kappa shape index (κ1) is 13.6. The average molecular weight is 270 g/mol. The molecule has 5 heteroatoms. The van der Waals surface area contributed by atoms with Crippen LogP contribution in [0.5, 0.6) is 0 Å². The molecule has 1 aliphatic heterocycles. The Hall–Kier alpha value is -1.45. The standard InChI is InChI=1S/C12H7NO2.2ClH/c14-7-5-9-8-3-1-2-4-10(8)13-12(9)11(15)6-7;;/h1-5H,6H2;2*1H. The van der Waals surface area contributed by atoms with Crippen LogP contribution in [-0.4, -0.2) is 17.3 Å². The lowest BCUT2D eigenvalue weighted by Gasteiger charge is -2.07. The Morgan fingerprint density at radius 3 is 2.53 bits per heavy atom. The fraction of sp³-hybridized carbons (Fsp3) is 0.0833. The summed E-state index contributed by atoms with van der Waals surface area (Å²) in [6, 6.07) is 7.47. The van der Waals surface area contributed by atoms with Gasteiger partial charge in [0, 0.05) is 11.1 Å². The van der Waals surface area contributed by atoms with E-state index in [1.54, 1.807) is 0 Å². The number of benzene rings is 1. The quantitative estimate of drug-likeness (QED) is 0.680. The Labute approximate surface area is 110 Å². The molecule has 1 aliphatic carbocycles. The van der Waals surface area contributed by atoms with Crippen molar-refractivity contribution in [2.75, 3.05) is 0 Å². The third-order valence-electron chi connectivity index (χ3n) is 2.59. The number of rotatable bonds is 0. The van der Waals surface area contributed by atoms with E-state index in [0.717, 1.165) is 11.3 Å². The minimum Gasteiger partial charge on any atom is -0.294 e. The van der Waals surface area contributed by atoms with Gasteiger partial charge in [-0.3, -0.25) is 9.59 Å². The van der Waals surface area contributed by atoms with Gasteiger partial charge >= 0.3 is 0 Å². The van der Waals surface area contributed by atoms with Crippen LogP contribution in [0.2, 0.25) is 0 Å². The molecule has 3 rings (SSSR count). The molecule has 0 saturated heterocycles. The second-order valence-corrected chi connectivity index (χ2v) is 3.60. The highest BCUT2D eigenvalue weighted by molar-refractivity contribution is 6.63. The van der Waals surface area contributed by atoms with Crippen LogP contribution in [-0.2, 0) is 9.59 Å². The number of ketones is 2. The van der Waals surface area contributed by atoms with Crippen LogP contribution < -0.4 is 0 Å². The van der Waals surface area contributed by atoms with Gasteiger partial charge in [-0.15, -0.1) is 24.8 Å². The Morgan fingerprint density at radius 2 is 1.76 bits per heavy atom. The summed E-state index contributed by atoms with van der Waals surface area (Å²) in [7, 11) is 0. The summed E-state index contributed by atoms with van der Waals surface area (Å²) in [5.41, 5.74) is 2.79. The van der Waals surface area contributed by atoms with Crippen LogP contribution in [0, 0.1) is 0 Å². The number of Topliss-reactive ketones (excluding diaryl/α,β-unsaturated/α-hetero) is 1. The smallest absolute Gasteiger partial charge is 0.189 e. The number of nitrogens with zero attached hydrogens (tertiary/aromatic N) is 1. The van der Waals surface area contributed by atoms with E-state index in [4.69, 9.17) is 0 Å². The van der Waals surface area contributed by atoms with Crippen molar-refractivity contribution in [2.45, 2.75) is 6.42 Å². The molecule has 3 nitrogen and oxygen atoms in total. The molecular weight excluding hydrogens is 261 g/mol. The van der Waals surface area contributed by atoms with Crippen molar-refractivity contribution < 1.29 is 9.59 Å². The van der Waals surface area contributed by atoms with E-state index >= 15 is 0 Å². The fourth-order valence-corrected chi connectivity index (χ4v) is 1.92. The van der Waals surface area contributed by atoms with Crippen molar-refractivity contribution in [1.82, 2.24) is 0 Å². The summed E-state index contributed by atoms with van der Waals surface area (Å²) >= 11 is 0. The Kier molecular flexibility index (Phi) is 3.86. The number of fused-ring (bicyclic) bond motifs is 3. The van der Waals surface area contributed by atoms with Gasteiger partial charge < -0.3 is 0 Å². The molecule has 1 aromatic rings. The highest BCUT2D eigenvalue weighted by Crippen LogP contribution is 2.36. The highest BCUT2D eigenvalue weighted by atomic mass is 35.5. The van der Waals surface area contributed by atoms with Crippen LogP contribution in [0.3, 0.4) is 0 Å². The third kappa shape index (κ3) is 2.04. The summed E-state index contributed by atoms with van der Waals surface area (Å²) in [6.45, 7) is 0. The first-order valence-electron chi connectivity index (χ1n) is 4.72. The number of hydrogen-bond donors (Lipinski definition) is 0. The molecular formula is C12H9Cl2NO2. The maximum Gasteiger partial charge on any atom is 0.189 e. The number of para-hydroxylation sites is 1. The third-order valence-corrected chi connectivity index (χ3v) is 2.59. The molecule has 1 heterocycles. The molecule has 0 amide bonds. The Balaban J connectivity index is 0.000000722. The minimum absolute atomic E-state index is 0. The molecule has 0 saturated carbocycles. The van der Waals surface area contributed by atoms with Gasteiger partial charge in [0.15, 0.2) is 11.6 Å². The molecule has 0 atom stereocenters. The van der Waals surface area contributed by atoms with E-state index in [9.17, 15) is 9.59 Å². The first-order valence-corrected chi connectivity index (χ1v) is 4.72. The molecule has 17 heavy (non-hydrogen) atoms. The summed E-state index contributed by atoms with van der Waals surface area (Å²) in [5.74, 6) is -0.306. The SMILES string of the molecule is Cl.Cl.O=C1C=C2C(=Nc3ccccc32)C(=O)C1. The van der Waals surface area contributed by atoms with Crippen LogP contribution in [0.25, 0.3) is 5.57 Å². The van der Waals surface area contributed by atoms with Crippen molar-refractivity contribution in [3.05, 3.63) is 35.9 Å². The van der Waals surface area contributed by atoms with Gasteiger partial charge in [-0.1, -0.05) is 18.2 Å². The number of carbonyl (C=O) groups is 2. The van der Waals surface area contributed by atoms with Crippen LogP contribution >= 0.6 is 24.8 Å². The molecule has 0 fully saturated rings. The van der Waals surface area contributed by atoms with E-state index in [0.29, 0.717) is 11.3 Å². The predicted molar refractivity (Wildman–Crippen MR) is 70.6 cm³/mol. The second kappa shape index (κ2) is 4.82. The average Bonchev–Trinajstić information content (AvgIpc) is 2.57. The van der Waals surface area contributed by atoms with Crippen molar-refractivity contribution in [2.24, 2.45) is 4.99 Å². The lowest BCUT2D eigenvalue weighted by atomic mass is 9.92. The molecule has 0 N–H and O–H groups in total. The van der Waals surface area contributed by atoms with Crippen LogP contribution in [0.1, 0.15) is 12.0 Å². The normalized spacial score (nSPS) is 16.0. The van der Waals surface area contributed by atoms with E-state index in [-0.39, 0.29) is 42.8 Å². The van der Waals surface area contributed by atoms with Gasteiger partial charge in [0.25, 0.3) is 0 Å². The van der Waals surface area contributed by atoms with Gasteiger partial charge in [0.05, 0.1) is 12.1 Å². The Bertz CT molecular complexity index is 561. The van der Waals surface area contributed by atoms with Crippen molar-refractivity contribution >= 4 is 53.4 Å². The summed E-state index contributed by atoms with van der Waals surface area (Å²) < 4.78 is 0. The molecule has 0 unspecified atom stereocenters. The number of carbonyl (C=O) groups excluding carboxylic acids is 2. The zero-order chi connectivity index (χ0) is 10.4. The summed E-state index contributed by atoms with van der Waals surface area (Å²) in [5, 5.41) is 0. The number of halogens is 2. The van der Waals surface area contributed by atoms with Crippen molar-refractivity contribution in [3.63, 3.8) is 0 Å². The topological polar surface area (TPSA) is 46.5 Å². The molecule has 1 aromatic carbocycles. The molecule has 2 aliphatic rings. The predicted octanol–water partition coefficient (Wildman–Crippen LogP) is 2.54. The van der Waals surface area contributed by atoms with E-state index < -0.39 is 0 Å².